The number of nitrogens with zero attached hydrogens (tertiary/aromatic N) is 2. The fourth-order valence-corrected chi connectivity index (χ4v) is 2.37. The van der Waals surface area contributed by atoms with E-state index < -0.39 is 5.60 Å². The Kier molecular flexibility index (Phi) is 11.5. The standard InChI is InChI=1S/C17H28N4O3S.HI/c1-17(2,3)24-15(23)8-9-18-16(20-12-14(22)21(4)5)19-11-13-7-6-10-25-13;/h6-7,10H,8-9,11-12H2,1-5H3,(H2,18,19,20);1H. The van der Waals surface area contributed by atoms with Crippen LogP contribution in [0.1, 0.15) is 32.1 Å². The third-order valence-corrected chi connectivity index (χ3v) is 3.80. The predicted octanol–water partition coefficient (Wildman–Crippen LogP) is 2.22. The first kappa shape index (κ1) is 24.6. The molecule has 1 aromatic rings. The monoisotopic (exact) mass is 496 g/mol. The van der Waals surface area contributed by atoms with E-state index in [-0.39, 0.29) is 48.8 Å². The number of rotatable bonds is 7. The summed E-state index contributed by atoms with van der Waals surface area (Å²) in [5.74, 6) is 0.124. The Morgan fingerprint density at radius 2 is 1.96 bits per heavy atom. The van der Waals surface area contributed by atoms with Crippen LogP contribution in [0, 0.1) is 0 Å². The first-order chi connectivity index (χ1) is 11.7. The van der Waals surface area contributed by atoms with Gasteiger partial charge in [0.25, 0.3) is 0 Å². The van der Waals surface area contributed by atoms with Crippen molar-refractivity contribution in [2.45, 2.75) is 39.3 Å². The van der Waals surface area contributed by atoms with Gasteiger partial charge in [0.05, 0.1) is 13.0 Å². The zero-order valence-corrected chi connectivity index (χ0v) is 19.1. The van der Waals surface area contributed by atoms with Crippen LogP contribution in [0.25, 0.3) is 0 Å². The van der Waals surface area contributed by atoms with Crippen LogP contribution in [0.15, 0.2) is 22.5 Å². The van der Waals surface area contributed by atoms with Gasteiger partial charge in [-0.1, -0.05) is 6.07 Å². The van der Waals surface area contributed by atoms with E-state index in [0.29, 0.717) is 19.0 Å². The number of carbonyl (C=O) groups excluding carboxylic acids is 2. The molecule has 1 rings (SSSR count). The van der Waals surface area contributed by atoms with Gasteiger partial charge in [0, 0.05) is 25.5 Å². The number of ether oxygens (including phenoxy) is 1. The third kappa shape index (κ3) is 11.3. The van der Waals surface area contributed by atoms with Crippen molar-refractivity contribution in [3.8, 4) is 0 Å². The number of carbonyl (C=O) groups is 2. The number of hydrogen-bond donors (Lipinski definition) is 2. The van der Waals surface area contributed by atoms with Gasteiger partial charge in [-0.25, -0.2) is 4.99 Å². The van der Waals surface area contributed by atoms with Gasteiger partial charge in [0.15, 0.2) is 5.96 Å². The molecule has 0 bridgehead atoms. The van der Waals surface area contributed by atoms with Crippen molar-refractivity contribution in [1.29, 1.82) is 0 Å². The number of likely N-dealkylation sites (N-methyl/N-ethyl adjacent to an activating group) is 1. The molecule has 0 aliphatic carbocycles. The lowest BCUT2D eigenvalue weighted by Gasteiger charge is -2.19. The summed E-state index contributed by atoms with van der Waals surface area (Å²) in [5, 5.41) is 8.23. The van der Waals surface area contributed by atoms with E-state index in [9.17, 15) is 9.59 Å². The Labute approximate surface area is 176 Å². The molecule has 9 heteroatoms. The van der Waals surface area contributed by atoms with Crippen LogP contribution in [0.3, 0.4) is 0 Å². The Bertz CT molecular complexity index is 583. The van der Waals surface area contributed by atoms with Gasteiger partial charge in [-0.15, -0.1) is 35.3 Å². The Hall–Kier alpha value is -1.36. The molecule has 2 N–H and O–H groups in total. The fourth-order valence-electron chi connectivity index (χ4n) is 1.72. The normalized spacial score (nSPS) is 11.3. The Balaban J connectivity index is 0.00000625. The van der Waals surface area contributed by atoms with Gasteiger partial charge >= 0.3 is 5.97 Å². The summed E-state index contributed by atoms with van der Waals surface area (Å²) in [7, 11) is 3.37. The summed E-state index contributed by atoms with van der Waals surface area (Å²) >= 11 is 1.63. The van der Waals surface area contributed by atoms with Crippen LogP contribution in [0.2, 0.25) is 0 Å². The second-order valence-corrected chi connectivity index (χ2v) is 7.68. The SMILES string of the molecule is CN(C)C(=O)CN=C(NCCC(=O)OC(C)(C)C)NCc1cccs1.I. The molecule has 0 aliphatic rings. The van der Waals surface area contributed by atoms with Crippen molar-refractivity contribution in [3.63, 3.8) is 0 Å². The molecular weight excluding hydrogens is 467 g/mol. The summed E-state index contributed by atoms with van der Waals surface area (Å²) in [4.78, 5) is 30.4. The number of halogens is 1. The molecule has 0 saturated heterocycles. The average Bonchev–Trinajstić information content (AvgIpc) is 3.00. The number of guanidine groups is 1. The lowest BCUT2D eigenvalue weighted by Crippen LogP contribution is -2.39. The Morgan fingerprint density at radius 1 is 1.27 bits per heavy atom. The van der Waals surface area contributed by atoms with Gasteiger partial charge in [-0.3, -0.25) is 9.59 Å². The van der Waals surface area contributed by atoms with Crippen molar-refractivity contribution in [2.24, 2.45) is 4.99 Å². The topological polar surface area (TPSA) is 83.0 Å². The molecule has 0 spiro atoms. The van der Waals surface area contributed by atoms with Crippen molar-refractivity contribution < 1.29 is 14.3 Å². The molecule has 1 heterocycles. The van der Waals surface area contributed by atoms with Gasteiger partial charge in [0.2, 0.25) is 5.91 Å². The largest absolute Gasteiger partial charge is 0.460 e. The van der Waals surface area contributed by atoms with Gasteiger partial charge < -0.3 is 20.3 Å². The van der Waals surface area contributed by atoms with Gasteiger partial charge in [-0.05, 0) is 32.2 Å². The highest BCUT2D eigenvalue weighted by Crippen LogP contribution is 2.08. The molecule has 0 atom stereocenters. The molecule has 26 heavy (non-hydrogen) atoms. The van der Waals surface area contributed by atoms with E-state index in [4.69, 9.17) is 4.74 Å². The van der Waals surface area contributed by atoms with Crippen molar-refractivity contribution >= 4 is 53.1 Å². The zero-order chi connectivity index (χ0) is 18.9. The van der Waals surface area contributed by atoms with E-state index in [1.54, 1.807) is 25.4 Å². The van der Waals surface area contributed by atoms with Crippen molar-refractivity contribution in [1.82, 2.24) is 15.5 Å². The summed E-state index contributed by atoms with van der Waals surface area (Å²) in [5.41, 5.74) is -0.496. The molecule has 7 nitrogen and oxygen atoms in total. The quantitative estimate of drug-likeness (QED) is 0.262. The number of nitrogens with one attached hydrogen (secondary N) is 2. The molecule has 0 aromatic carbocycles. The minimum Gasteiger partial charge on any atom is -0.460 e. The first-order valence-corrected chi connectivity index (χ1v) is 9.02. The second-order valence-electron chi connectivity index (χ2n) is 6.65. The fraction of sp³-hybridized carbons (Fsp3) is 0.588. The van der Waals surface area contributed by atoms with Gasteiger partial charge in [-0.2, -0.15) is 0 Å². The second kappa shape index (κ2) is 12.1. The first-order valence-electron chi connectivity index (χ1n) is 8.14. The molecule has 0 unspecified atom stereocenters. The summed E-state index contributed by atoms with van der Waals surface area (Å²) in [6.07, 6.45) is 0.221. The zero-order valence-electron chi connectivity index (χ0n) is 16.0. The van der Waals surface area contributed by atoms with Crippen molar-refractivity contribution in [3.05, 3.63) is 22.4 Å². The van der Waals surface area contributed by atoms with Crippen LogP contribution in [-0.4, -0.2) is 55.5 Å². The van der Waals surface area contributed by atoms with E-state index in [0.717, 1.165) is 4.88 Å². The number of aliphatic imine (C=N–C) groups is 1. The maximum absolute atomic E-state index is 11.8. The molecule has 0 fully saturated rings. The van der Waals surface area contributed by atoms with E-state index in [1.807, 2.05) is 38.3 Å². The van der Waals surface area contributed by atoms with Crippen LogP contribution < -0.4 is 10.6 Å². The third-order valence-electron chi connectivity index (χ3n) is 2.92. The van der Waals surface area contributed by atoms with Crippen LogP contribution >= 0.6 is 35.3 Å². The Morgan fingerprint density at radius 3 is 2.50 bits per heavy atom. The van der Waals surface area contributed by atoms with E-state index in [2.05, 4.69) is 15.6 Å². The minimum atomic E-state index is -0.496. The molecular formula is C17H29IN4O3S. The molecule has 0 radical (unpaired) electrons. The highest BCUT2D eigenvalue weighted by Gasteiger charge is 2.16. The molecule has 148 valence electrons. The van der Waals surface area contributed by atoms with Gasteiger partial charge in [0.1, 0.15) is 12.1 Å². The summed E-state index contributed by atoms with van der Waals surface area (Å²) < 4.78 is 5.27. The average molecular weight is 496 g/mol. The highest BCUT2D eigenvalue weighted by atomic mass is 127. The highest BCUT2D eigenvalue weighted by molar-refractivity contribution is 14.0. The molecule has 1 amide bonds. The molecule has 0 aliphatic heterocycles. The summed E-state index contributed by atoms with van der Waals surface area (Å²) in [6, 6.07) is 3.99. The number of hydrogen-bond acceptors (Lipinski definition) is 5. The summed E-state index contributed by atoms with van der Waals surface area (Å²) in [6.45, 7) is 6.52. The minimum absolute atomic E-state index is 0. The number of amides is 1. The lowest BCUT2D eigenvalue weighted by atomic mass is 10.2. The molecule has 0 saturated carbocycles. The van der Waals surface area contributed by atoms with Crippen LogP contribution in [0.4, 0.5) is 0 Å². The molecule has 1 aromatic heterocycles. The van der Waals surface area contributed by atoms with E-state index in [1.165, 1.54) is 4.90 Å². The lowest BCUT2D eigenvalue weighted by molar-refractivity contribution is -0.154. The predicted molar refractivity (Wildman–Crippen MR) is 116 cm³/mol. The number of thiophene rings is 1. The number of esters is 1. The van der Waals surface area contributed by atoms with Crippen molar-refractivity contribution in [2.75, 3.05) is 27.2 Å². The maximum atomic E-state index is 11.8. The van der Waals surface area contributed by atoms with Crippen LogP contribution in [-0.2, 0) is 20.9 Å². The van der Waals surface area contributed by atoms with Crippen LogP contribution in [0.5, 0.6) is 0 Å². The maximum Gasteiger partial charge on any atom is 0.308 e. The van der Waals surface area contributed by atoms with E-state index >= 15 is 0 Å². The smallest absolute Gasteiger partial charge is 0.308 e.